The number of phenolic OH excluding ortho intramolecular Hbond substituents is 1. The van der Waals surface area contributed by atoms with Crippen molar-refractivity contribution in [3.63, 3.8) is 0 Å². The molecular weight excluding hydrogens is 250 g/mol. The molecular formula is C16H19N3O. The molecule has 2 atom stereocenters. The van der Waals surface area contributed by atoms with Crippen LogP contribution < -0.4 is 5.73 Å². The summed E-state index contributed by atoms with van der Waals surface area (Å²) in [6, 6.07) is 9.62. The summed E-state index contributed by atoms with van der Waals surface area (Å²) in [4.78, 5) is 9.02. The molecule has 104 valence electrons. The molecule has 4 heteroatoms. The lowest BCUT2D eigenvalue weighted by molar-refractivity contribution is 0.387. The first kappa shape index (κ1) is 13.1. The average molecular weight is 269 g/mol. The first-order chi connectivity index (χ1) is 9.74. The highest BCUT2D eigenvalue weighted by Gasteiger charge is 2.20. The molecule has 1 aliphatic carbocycles. The Labute approximate surface area is 118 Å². The van der Waals surface area contributed by atoms with Crippen LogP contribution in [0.3, 0.4) is 0 Å². The summed E-state index contributed by atoms with van der Waals surface area (Å²) in [6.07, 6.45) is 6.28. The summed E-state index contributed by atoms with van der Waals surface area (Å²) < 4.78 is 0. The smallest absolute Gasteiger partial charge is 0.141 e. The van der Waals surface area contributed by atoms with Crippen LogP contribution >= 0.6 is 0 Å². The van der Waals surface area contributed by atoms with Gasteiger partial charge in [0.05, 0.1) is 11.7 Å². The van der Waals surface area contributed by atoms with E-state index in [1.807, 2.05) is 24.3 Å². The van der Waals surface area contributed by atoms with Crippen molar-refractivity contribution in [1.82, 2.24) is 4.98 Å². The molecule has 1 heterocycles. The van der Waals surface area contributed by atoms with E-state index in [1.165, 1.54) is 12.8 Å². The Morgan fingerprint density at radius 3 is 2.90 bits per heavy atom. The van der Waals surface area contributed by atoms with E-state index in [1.54, 1.807) is 12.3 Å². The van der Waals surface area contributed by atoms with Crippen LogP contribution in [0.15, 0.2) is 35.3 Å². The van der Waals surface area contributed by atoms with Gasteiger partial charge in [0, 0.05) is 17.6 Å². The van der Waals surface area contributed by atoms with E-state index in [0.29, 0.717) is 5.52 Å². The van der Waals surface area contributed by atoms with E-state index >= 15 is 0 Å². The number of aliphatic imine (C=N–C) groups is 1. The van der Waals surface area contributed by atoms with E-state index < -0.39 is 0 Å². The fraction of sp³-hybridized carbons (Fsp3) is 0.375. The van der Waals surface area contributed by atoms with Crippen LogP contribution in [0.1, 0.15) is 31.4 Å². The van der Waals surface area contributed by atoms with Crippen molar-refractivity contribution in [2.75, 3.05) is 0 Å². The molecule has 1 saturated carbocycles. The van der Waals surface area contributed by atoms with Gasteiger partial charge in [-0.05, 0) is 25.0 Å². The fourth-order valence-electron chi connectivity index (χ4n) is 2.72. The molecule has 0 unspecified atom stereocenters. The van der Waals surface area contributed by atoms with Gasteiger partial charge < -0.3 is 10.8 Å². The number of fused-ring (bicyclic) bond motifs is 1. The van der Waals surface area contributed by atoms with E-state index in [0.717, 1.165) is 23.9 Å². The van der Waals surface area contributed by atoms with Crippen molar-refractivity contribution in [2.45, 2.75) is 37.8 Å². The Balaban J connectivity index is 1.85. The SMILES string of the molecule is N[C@@H]1CCCC[C@H]1N=Cc1ccc2cccc(O)c2n1. The highest BCUT2D eigenvalue weighted by atomic mass is 16.3. The molecule has 3 N–H and O–H groups in total. The summed E-state index contributed by atoms with van der Waals surface area (Å²) >= 11 is 0. The normalized spacial score (nSPS) is 23.4. The molecule has 0 saturated heterocycles. The summed E-state index contributed by atoms with van der Waals surface area (Å²) in [5.74, 6) is 0.201. The average Bonchev–Trinajstić information content (AvgIpc) is 2.47. The van der Waals surface area contributed by atoms with Crippen LogP contribution in [-0.2, 0) is 0 Å². The molecule has 0 radical (unpaired) electrons. The standard InChI is InChI=1S/C16H19N3O/c17-13-5-1-2-6-14(13)18-10-12-9-8-11-4-3-7-15(20)16(11)19-12/h3-4,7-10,13-14,20H,1-2,5-6,17H2/t13-,14-/m1/s1. The third-order valence-corrected chi connectivity index (χ3v) is 3.90. The summed E-state index contributed by atoms with van der Waals surface area (Å²) in [6.45, 7) is 0. The molecule has 3 rings (SSSR count). The number of rotatable bonds is 2. The molecule has 0 aliphatic heterocycles. The summed E-state index contributed by atoms with van der Waals surface area (Å²) in [5, 5.41) is 10.8. The van der Waals surface area contributed by atoms with Crippen LogP contribution in [0, 0.1) is 0 Å². The zero-order chi connectivity index (χ0) is 13.9. The molecule has 0 amide bonds. The van der Waals surface area contributed by atoms with Gasteiger partial charge in [-0.3, -0.25) is 4.99 Å². The van der Waals surface area contributed by atoms with E-state index in [9.17, 15) is 5.11 Å². The first-order valence-electron chi connectivity index (χ1n) is 7.11. The second-order valence-corrected chi connectivity index (χ2v) is 5.38. The predicted molar refractivity (Wildman–Crippen MR) is 81.2 cm³/mol. The van der Waals surface area contributed by atoms with Crippen molar-refractivity contribution in [3.05, 3.63) is 36.0 Å². The topological polar surface area (TPSA) is 71.5 Å². The highest BCUT2D eigenvalue weighted by molar-refractivity contribution is 5.88. The number of nitrogens with two attached hydrogens (primary N) is 1. The van der Waals surface area contributed by atoms with Crippen LogP contribution in [0.4, 0.5) is 0 Å². The minimum atomic E-state index is 0.161. The summed E-state index contributed by atoms with van der Waals surface area (Å²) in [7, 11) is 0. The second kappa shape index (κ2) is 5.59. The van der Waals surface area contributed by atoms with Crippen molar-refractivity contribution < 1.29 is 5.11 Å². The Bertz CT molecular complexity index is 639. The lowest BCUT2D eigenvalue weighted by atomic mass is 9.91. The number of pyridine rings is 1. The van der Waals surface area contributed by atoms with Gasteiger partial charge in [-0.15, -0.1) is 0 Å². The van der Waals surface area contributed by atoms with Crippen molar-refractivity contribution in [2.24, 2.45) is 10.7 Å². The number of nitrogens with zero attached hydrogens (tertiary/aromatic N) is 2. The van der Waals surface area contributed by atoms with Crippen LogP contribution in [-0.4, -0.2) is 28.4 Å². The lowest BCUT2D eigenvalue weighted by Gasteiger charge is -2.24. The molecule has 0 bridgehead atoms. The monoisotopic (exact) mass is 269 g/mol. The maximum Gasteiger partial charge on any atom is 0.141 e. The Hall–Kier alpha value is -1.94. The minimum Gasteiger partial charge on any atom is -0.506 e. The van der Waals surface area contributed by atoms with Gasteiger partial charge in [-0.2, -0.15) is 0 Å². The molecule has 1 aromatic carbocycles. The number of phenols is 1. The van der Waals surface area contributed by atoms with Gasteiger partial charge in [-0.1, -0.05) is 31.0 Å². The van der Waals surface area contributed by atoms with Crippen LogP contribution in [0.5, 0.6) is 5.75 Å². The van der Waals surface area contributed by atoms with Gasteiger partial charge in [-0.25, -0.2) is 4.98 Å². The molecule has 1 aliphatic rings. The maximum absolute atomic E-state index is 9.83. The predicted octanol–water partition coefficient (Wildman–Crippen LogP) is 2.63. The quantitative estimate of drug-likeness (QED) is 0.823. The van der Waals surface area contributed by atoms with E-state index in [-0.39, 0.29) is 17.8 Å². The zero-order valence-electron chi connectivity index (χ0n) is 11.4. The number of benzene rings is 1. The zero-order valence-corrected chi connectivity index (χ0v) is 11.4. The lowest BCUT2D eigenvalue weighted by Crippen LogP contribution is -2.36. The van der Waals surface area contributed by atoms with Crippen molar-refractivity contribution in [3.8, 4) is 5.75 Å². The maximum atomic E-state index is 9.83. The number of hydrogen-bond acceptors (Lipinski definition) is 4. The van der Waals surface area contributed by atoms with Gasteiger partial charge in [0.2, 0.25) is 0 Å². The second-order valence-electron chi connectivity index (χ2n) is 5.38. The molecule has 4 nitrogen and oxygen atoms in total. The third-order valence-electron chi connectivity index (χ3n) is 3.90. The molecule has 0 spiro atoms. The number of aromatic hydroxyl groups is 1. The van der Waals surface area contributed by atoms with E-state index in [4.69, 9.17) is 5.73 Å². The largest absolute Gasteiger partial charge is 0.506 e. The van der Waals surface area contributed by atoms with Crippen molar-refractivity contribution >= 4 is 17.1 Å². The molecule has 2 aromatic rings. The van der Waals surface area contributed by atoms with Crippen LogP contribution in [0.25, 0.3) is 10.9 Å². The fourth-order valence-corrected chi connectivity index (χ4v) is 2.72. The molecule has 1 fully saturated rings. The Morgan fingerprint density at radius 1 is 1.20 bits per heavy atom. The van der Waals surface area contributed by atoms with Gasteiger partial charge in [0.25, 0.3) is 0 Å². The number of para-hydroxylation sites is 1. The third kappa shape index (κ3) is 2.65. The number of aromatic nitrogens is 1. The molecule has 20 heavy (non-hydrogen) atoms. The highest BCUT2D eigenvalue weighted by Crippen LogP contribution is 2.22. The Kier molecular flexibility index (Phi) is 3.65. The Morgan fingerprint density at radius 2 is 2.05 bits per heavy atom. The first-order valence-corrected chi connectivity index (χ1v) is 7.11. The minimum absolute atomic E-state index is 0.161. The summed E-state index contributed by atoms with van der Waals surface area (Å²) in [5.41, 5.74) is 7.46. The van der Waals surface area contributed by atoms with Crippen LogP contribution in [0.2, 0.25) is 0 Å². The van der Waals surface area contributed by atoms with Gasteiger partial charge in [0.1, 0.15) is 11.3 Å². The van der Waals surface area contributed by atoms with Gasteiger partial charge in [0.15, 0.2) is 0 Å². The van der Waals surface area contributed by atoms with Crippen molar-refractivity contribution in [1.29, 1.82) is 0 Å². The molecule has 1 aromatic heterocycles. The van der Waals surface area contributed by atoms with E-state index in [2.05, 4.69) is 9.98 Å². The number of hydrogen-bond donors (Lipinski definition) is 2. The van der Waals surface area contributed by atoms with Gasteiger partial charge >= 0.3 is 0 Å².